The van der Waals surface area contributed by atoms with Crippen molar-refractivity contribution in [2.24, 2.45) is 0 Å². The zero-order valence-corrected chi connectivity index (χ0v) is 6.73. The highest BCUT2D eigenvalue weighted by molar-refractivity contribution is 5.79. The van der Waals surface area contributed by atoms with Crippen LogP contribution < -0.4 is 4.57 Å². The van der Waals surface area contributed by atoms with E-state index in [2.05, 4.69) is 13.2 Å². The first-order chi connectivity index (χ1) is 5.79. The van der Waals surface area contributed by atoms with Crippen molar-refractivity contribution < 1.29 is 9.36 Å². The third-order valence-corrected chi connectivity index (χ3v) is 1.51. The summed E-state index contributed by atoms with van der Waals surface area (Å²) in [6.45, 7) is 7.01. The number of hydrogen-bond acceptors (Lipinski definition) is 1. The lowest BCUT2D eigenvalue weighted by atomic mass is 10.3. The van der Waals surface area contributed by atoms with Crippen LogP contribution in [0.25, 0.3) is 6.08 Å². The molecule has 0 radical (unpaired) electrons. The maximum atomic E-state index is 11.2. The standard InChI is InChI=1S/C10H10NO/c1-3-9-7-5-6-8-11(9)10(12)4-2/h3-8H,1-2H2/q+1. The molecule has 1 aromatic rings. The normalized spacial score (nSPS) is 9.00. The highest BCUT2D eigenvalue weighted by Gasteiger charge is 2.12. The van der Waals surface area contributed by atoms with E-state index in [1.54, 1.807) is 18.3 Å². The van der Waals surface area contributed by atoms with Crippen molar-refractivity contribution >= 4 is 12.0 Å². The SMILES string of the molecule is C=CC(=O)[n+]1ccccc1C=C. The van der Waals surface area contributed by atoms with E-state index in [0.29, 0.717) is 0 Å². The second-order valence-corrected chi connectivity index (χ2v) is 2.24. The molecule has 0 aliphatic rings. The van der Waals surface area contributed by atoms with E-state index in [-0.39, 0.29) is 5.91 Å². The van der Waals surface area contributed by atoms with Gasteiger partial charge in [0.15, 0.2) is 6.20 Å². The Labute approximate surface area is 71.5 Å². The molecule has 0 atom stereocenters. The molecular weight excluding hydrogens is 150 g/mol. The van der Waals surface area contributed by atoms with Gasteiger partial charge in [-0.2, -0.15) is 0 Å². The van der Waals surface area contributed by atoms with E-state index >= 15 is 0 Å². The van der Waals surface area contributed by atoms with Crippen molar-refractivity contribution in [2.75, 3.05) is 0 Å². The van der Waals surface area contributed by atoms with Gasteiger partial charge in [-0.1, -0.05) is 13.2 Å². The van der Waals surface area contributed by atoms with Crippen molar-refractivity contribution in [3.8, 4) is 0 Å². The van der Waals surface area contributed by atoms with Crippen LogP contribution in [-0.4, -0.2) is 5.91 Å². The average Bonchev–Trinajstić information content (AvgIpc) is 2.16. The number of carbonyl (C=O) groups is 1. The van der Waals surface area contributed by atoms with Crippen molar-refractivity contribution in [1.82, 2.24) is 0 Å². The van der Waals surface area contributed by atoms with E-state index in [1.165, 1.54) is 10.6 Å². The highest BCUT2D eigenvalue weighted by Crippen LogP contribution is 1.92. The van der Waals surface area contributed by atoms with Gasteiger partial charge in [0.2, 0.25) is 5.69 Å². The Morgan fingerprint density at radius 1 is 1.42 bits per heavy atom. The molecular formula is C10H10NO+. The van der Waals surface area contributed by atoms with Crippen LogP contribution >= 0.6 is 0 Å². The van der Waals surface area contributed by atoms with Crippen LogP contribution in [0.5, 0.6) is 0 Å². The molecule has 0 aromatic carbocycles. The Hall–Kier alpha value is -1.70. The van der Waals surface area contributed by atoms with Gasteiger partial charge < -0.3 is 0 Å². The molecule has 0 saturated carbocycles. The van der Waals surface area contributed by atoms with Crippen LogP contribution in [0.4, 0.5) is 0 Å². The minimum absolute atomic E-state index is 0.148. The van der Waals surface area contributed by atoms with Gasteiger partial charge in [-0.25, -0.2) is 4.79 Å². The minimum Gasteiger partial charge on any atom is -0.214 e. The molecule has 0 spiro atoms. The molecule has 2 nitrogen and oxygen atoms in total. The Kier molecular flexibility index (Phi) is 2.53. The fourth-order valence-corrected chi connectivity index (χ4v) is 0.922. The summed E-state index contributed by atoms with van der Waals surface area (Å²) in [5.74, 6) is -0.148. The summed E-state index contributed by atoms with van der Waals surface area (Å²) >= 11 is 0. The molecule has 0 aliphatic heterocycles. The first-order valence-electron chi connectivity index (χ1n) is 3.59. The summed E-state index contributed by atoms with van der Waals surface area (Å²) in [5.41, 5.74) is 0.766. The number of hydrogen-bond donors (Lipinski definition) is 0. The smallest absolute Gasteiger partial charge is 0.214 e. The molecule has 0 bridgehead atoms. The molecule has 60 valence electrons. The summed E-state index contributed by atoms with van der Waals surface area (Å²) in [7, 11) is 0. The predicted molar refractivity (Wildman–Crippen MR) is 47.6 cm³/mol. The minimum atomic E-state index is -0.148. The van der Waals surface area contributed by atoms with Gasteiger partial charge >= 0.3 is 5.91 Å². The monoisotopic (exact) mass is 160 g/mol. The first-order valence-corrected chi connectivity index (χ1v) is 3.59. The van der Waals surface area contributed by atoms with Gasteiger partial charge in [0.05, 0.1) is 0 Å². The lowest BCUT2D eigenvalue weighted by Gasteiger charge is -1.92. The average molecular weight is 160 g/mol. The number of carbonyl (C=O) groups excluding carboxylic acids is 1. The number of pyridine rings is 1. The Bertz CT molecular complexity index is 328. The summed E-state index contributed by atoms with van der Waals surface area (Å²) in [4.78, 5) is 11.2. The molecule has 0 fully saturated rings. The topological polar surface area (TPSA) is 20.9 Å². The number of allylic oxidation sites excluding steroid dienone is 1. The molecule has 1 heterocycles. The van der Waals surface area contributed by atoms with E-state index in [9.17, 15) is 4.79 Å². The van der Waals surface area contributed by atoms with Crippen LogP contribution in [0.15, 0.2) is 43.6 Å². The molecule has 0 unspecified atom stereocenters. The zero-order valence-electron chi connectivity index (χ0n) is 6.73. The summed E-state index contributed by atoms with van der Waals surface area (Å²) < 4.78 is 1.49. The van der Waals surface area contributed by atoms with Gasteiger partial charge in [0.1, 0.15) is 0 Å². The van der Waals surface area contributed by atoms with Crippen LogP contribution in [0.3, 0.4) is 0 Å². The van der Waals surface area contributed by atoms with Crippen molar-refractivity contribution in [3.63, 3.8) is 0 Å². The van der Waals surface area contributed by atoms with Crippen LogP contribution in [0.1, 0.15) is 10.5 Å². The van der Waals surface area contributed by atoms with Gasteiger partial charge in [-0.3, -0.25) is 0 Å². The third kappa shape index (κ3) is 1.48. The van der Waals surface area contributed by atoms with E-state index in [0.717, 1.165) is 5.69 Å². The van der Waals surface area contributed by atoms with E-state index in [1.807, 2.05) is 12.1 Å². The van der Waals surface area contributed by atoms with Crippen molar-refractivity contribution in [1.29, 1.82) is 0 Å². The Morgan fingerprint density at radius 3 is 2.75 bits per heavy atom. The maximum Gasteiger partial charge on any atom is 0.417 e. The predicted octanol–water partition coefficient (Wildman–Crippen LogP) is 1.44. The van der Waals surface area contributed by atoms with Gasteiger partial charge in [-0.15, -0.1) is 4.57 Å². The largest absolute Gasteiger partial charge is 0.417 e. The Morgan fingerprint density at radius 2 is 2.17 bits per heavy atom. The lowest BCUT2D eigenvalue weighted by molar-refractivity contribution is -0.572. The summed E-state index contributed by atoms with van der Waals surface area (Å²) in [5, 5.41) is 0. The number of rotatable bonds is 2. The van der Waals surface area contributed by atoms with Gasteiger partial charge in [0, 0.05) is 24.3 Å². The number of aromatic nitrogens is 1. The number of nitrogens with zero attached hydrogens (tertiary/aromatic N) is 1. The third-order valence-electron chi connectivity index (χ3n) is 1.51. The molecule has 0 N–H and O–H groups in total. The summed E-state index contributed by atoms with van der Waals surface area (Å²) in [6.07, 6.45) is 4.58. The second kappa shape index (κ2) is 3.62. The molecule has 1 rings (SSSR count). The quantitative estimate of drug-likeness (QED) is 0.473. The first kappa shape index (κ1) is 8.40. The van der Waals surface area contributed by atoms with Crippen molar-refractivity contribution in [3.05, 3.63) is 49.3 Å². The molecule has 0 aliphatic carbocycles. The van der Waals surface area contributed by atoms with Gasteiger partial charge in [0.25, 0.3) is 0 Å². The Balaban J connectivity index is 3.21. The van der Waals surface area contributed by atoms with E-state index in [4.69, 9.17) is 0 Å². The summed E-state index contributed by atoms with van der Waals surface area (Å²) in [6, 6.07) is 5.45. The zero-order chi connectivity index (χ0) is 8.97. The van der Waals surface area contributed by atoms with Gasteiger partial charge in [-0.05, 0) is 6.07 Å². The van der Waals surface area contributed by atoms with Crippen LogP contribution in [0, 0.1) is 0 Å². The highest BCUT2D eigenvalue weighted by atomic mass is 16.1. The van der Waals surface area contributed by atoms with E-state index < -0.39 is 0 Å². The maximum absolute atomic E-state index is 11.2. The van der Waals surface area contributed by atoms with Crippen LogP contribution in [-0.2, 0) is 0 Å². The molecule has 12 heavy (non-hydrogen) atoms. The molecule has 0 saturated heterocycles. The fourth-order valence-electron chi connectivity index (χ4n) is 0.922. The second-order valence-electron chi connectivity index (χ2n) is 2.24. The molecule has 0 amide bonds. The molecule has 1 aromatic heterocycles. The fraction of sp³-hybridized carbons (Fsp3) is 0. The van der Waals surface area contributed by atoms with Crippen molar-refractivity contribution in [2.45, 2.75) is 0 Å². The van der Waals surface area contributed by atoms with Crippen LogP contribution in [0.2, 0.25) is 0 Å². The molecule has 2 heteroatoms. The lowest BCUT2D eigenvalue weighted by Crippen LogP contribution is -2.43.